The Balaban J connectivity index is 2.09. The van der Waals surface area contributed by atoms with Crippen molar-refractivity contribution in [3.63, 3.8) is 0 Å². The van der Waals surface area contributed by atoms with Crippen molar-refractivity contribution in [2.45, 2.75) is 45.9 Å². The van der Waals surface area contributed by atoms with Crippen molar-refractivity contribution in [3.05, 3.63) is 52.1 Å². The van der Waals surface area contributed by atoms with E-state index in [2.05, 4.69) is 10.0 Å². The normalized spacial score (nSPS) is 11.4. The van der Waals surface area contributed by atoms with Gasteiger partial charge in [0.25, 0.3) is 0 Å². The molecule has 0 atom stereocenters. The minimum absolute atomic E-state index is 0.0160. The molecule has 7 heteroatoms. The van der Waals surface area contributed by atoms with E-state index in [1.807, 2.05) is 20.8 Å². The number of phenols is 1. The van der Waals surface area contributed by atoms with E-state index in [4.69, 9.17) is 0 Å². The van der Waals surface area contributed by atoms with Crippen molar-refractivity contribution in [2.24, 2.45) is 0 Å². The third-order valence-corrected chi connectivity index (χ3v) is 6.71. The number of amides is 1. The SMILES string of the molecule is Cc1c(C)c(C)c(S(=O)(=O)NCCC(=O)Nc2cccc(O)c2)c(C)c1C. The molecule has 0 radical (unpaired) electrons. The van der Waals surface area contributed by atoms with Gasteiger partial charge < -0.3 is 10.4 Å². The quantitative estimate of drug-likeness (QED) is 0.706. The summed E-state index contributed by atoms with van der Waals surface area (Å²) in [5.74, 6) is -0.294. The summed E-state index contributed by atoms with van der Waals surface area (Å²) >= 11 is 0. The molecule has 3 N–H and O–H groups in total. The summed E-state index contributed by atoms with van der Waals surface area (Å²) in [6, 6.07) is 6.18. The van der Waals surface area contributed by atoms with Crippen LogP contribution in [0.3, 0.4) is 0 Å². The summed E-state index contributed by atoms with van der Waals surface area (Å²) in [5, 5.41) is 12.0. The van der Waals surface area contributed by atoms with Crippen LogP contribution >= 0.6 is 0 Å². The highest BCUT2D eigenvalue weighted by molar-refractivity contribution is 7.89. The fourth-order valence-corrected chi connectivity index (χ4v) is 4.67. The largest absolute Gasteiger partial charge is 0.508 e. The molecule has 0 aliphatic rings. The van der Waals surface area contributed by atoms with Crippen LogP contribution in [0.15, 0.2) is 29.2 Å². The van der Waals surface area contributed by atoms with Gasteiger partial charge >= 0.3 is 0 Å². The van der Waals surface area contributed by atoms with Gasteiger partial charge in [0.1, 0.15) is 5.75 Å². The van der Waals surface area contributed by atoms with E-state index in [1.165, 1.54) is 12.1 Å². The highest BCUT2D eigenvalue weighted by Crippen LogP contribution is 2.29. The highest BCUT2D eigenvalue weighted by Gasteiger charge is 2.23. The molecule has 0 spiro atoms. The van der Waals surface area contributed by atoms with Gasteiger partial charge in [0, 0.05) is 24.7 Å². The fraction of sp³-hybridized carbons (Fsp3) is 0.350. The highest BCUT2D eigenvalue weighted by atomic mass is 32.2. The number of phenolic OH excluding ortho intramolecular Hbond substituents is 1. The van der Waals surface area contributed by atoms with E-state index in [1.54, 1.807) is 26.0 Å². The fourth-order valence-electron chi connectivity index (χ4n) is 3.05. The van der Waals surface area contributed by atoms with Gasteiger partial charge in [-0.15, -0.1) is 0 Å². The van der Waals surface area contributed by atoms with Gasteiger partial charge in [-0.3, -0.25) is 4.79 Å². The average molecular weight is 391 g/mol. The Bertz CT molecular complexity index is 953. The lowest BCUT2D eigenvalue weighted by Crippen LogP contribution is -2.29. The molecular formula is C20H26N2O4S. The molecule has 0 aliphatic heterocycles. The topological polar surface area (TPSA) is 95.5 Å². The lowest BCUT2D eigenvalue weighted by molar-refractivity contribution is -0.116. The molecule has 2 aromatic rings. The van der Waals surface area contributed by atoms with Crippen molar-refractivity contribution in [2.75, 3.05) is 11.9 Å². The molecule has 0 aliphatic carbocycles. The van der Waals surface area contributed by atoms with E-state index in [-0.39, 0.29) is 29.5 Å². The minimum atomic E-state index is -3.73. The second kappa shape index (κ2) is 8.10. The summed E-state index contributed by atoms with van der Waals surface area (Å²) in [6.07, 6.45) is -0.0171. The standard InChI is InChI=1S/C20H26N2O4S/c1-12-13(2)15(4)20(16(5)14(12)3)27(25,26)21-10-9-19(24)22-17-7-6-8-18(23)11-17/h6-8,11,21,23H,9-10H2,1-5H3,(H,22,24). The molecule has 0 unspecified atom stereocenters. The first-order valence-electron chi connectivity index (χ1n) is 8.70. The first-order valence-corrected chi connectivity index (χ1v) is 10.2. The predicted octanol–water partition coefficient (Wildman–Crippen LogP) is 3.24. The number of hydrogen-bond acceptors (Lipinski definition) is 4. The van der Waals surface area contributed by atoms with Crippen LogP contribution in [0.1, 0.15) is 34.2 Å². The van der Waals surface area contributed by atoms with Gasteiger partial charge in [0.2, 0.25) is 15.9 Å². The van der Waals surface area contributed by atoms with Crippen molar-refractivity contribution in [1.82, 2.24) is 4.72 Å². The zero-order valence-corrected chi connectivity index (χ0v) is 17.1. The molecule has 2 rings (SSSR count). The number of rotatable bonds is 6. The molecule has 0 fully saturated rings. The predicted molar refractivity (Wildman–Crippen MR) is 107 cm³/mol. The minimum Gasteiger partial charge on any atom is -0.508 e. The molecular weight excluding hydrogens is 364 g/mol. The third kappa shape index (κ3) is 4.67. The Morgan fingerprint density at radius 2 is 1.52 bits per heavy atom. The lowest BCUT2D eigenvalue weighted by Gasteiger charge is -2.19. The van der Waals surface area contributed by atoms with Gasteiger partial charge in [-0.25, -0.2) is 13.1 Å². The molecule has 146 valence electrons. The molecule has 2 aromatic carbocycles. The molecule has 0 saturated heterocycles. The van der Waals surface area contributed by atoms with Crippen LogP contribution in [0.4, 0.5) is 5.69 Å². The van der Waals surface area contributed by atoms with E-state index in [0.29, 0.717) is 5.69 Å². The Morgan fingerprint density at radius 3 is 2.07 bits per heavy atom. The number of benzene rings is 2. The van der Waals surface area contributed by atoms with Crippen LogP contribution in [0.25, 0.3) is 0 Å². The second-order valence-electron chi connectivity index (χ2n) is 6.70. The summed E-state index contributed by atoms with van der Waals surface area (Å²) in [7, 11) is -3.73. The van der Waals surface area contributed by atoms with Crippen LogP contribution in [-0.2, 0) is 14.8 Å². The molecule has 0 bridgehead atoms. The molecule has 6 nitrogen and oxygen atoms in total. The first-order chi connectivity index (χ1) is 12.5. The van der Waals surface area contributed by atoms with Crippen LogP contribution in [0, 0.1) is 34.6 Å². The smallest absolute Gasteiger partial charge is 0.241 e. The second-order valence-corrected chi connectivity index (χ2v) is 8.40. The Hall–Kier alpha value is -2.38. The van der Waals surface area contributed by atoms with E-state index in [0.717, 1.165) is 27.8 Å². The number of carbonyl (C=O) groups is 1. The number of sulfonamides is 1. The maximum atomic E-state index is 12.8. The molecule has 1 amide bonds. The number of anilines is 1. The monoisotopic (exact) mass is 390 g/mol. The summed E-state index contributed by atoms with van der Waals surface area (Å²) in [5.41, 5.74) is 4.92. The molecule has 0 saturated carbocycles. The zero-order chi connectivity index (χ0) is 20.4. The summed E-state index contributed by atoms with van der Waals surface area (Å²) in [6.45, 7) is 9.41. The average Bonchev–Trinajstić information content (AvgIpc) is 2.58. The van der Waals surface area contributed by atoms with E-state index in [9.17, 15) is 18.3 Å². The Labute approximate surface area is 160 Å². The molecule has 0 heterocycles. The van der Waals surface area contributed by atoms with Crippen LogP contribution in [-0.4, -0.2) is 26.0 Å². The lowest BCUT2D eigenvalue weighted by atomic mass is 9.95. The maximum Gasteiger partial charge on any atom is 0.241 e. The number of nitrogens with one attached hydrogen (secondary N) is 2. The number of hydrogen-bond donors (Lipinski definition) is 3. The van der Waals surface area contributed by atoms with Crippen LogP contribution in [0.5, 0.6) is 5.75 Å². The van der Waals surface area contributed by atoms with Crippen LogP contribution < -0.4 is 10.0 Å². The van der Waals surface area contributed by atoms with Gasteiger partial charge in [-0.2, -0.15) is 0 Å². The molecule has 0 aromatic heterocycles. The van der Waals surface area contributed by atoms with Crippen molar-refractivity contribution in [3.8, 4) is 5.75 Å². The van der Waals surface area contributed by atoms with Gasteiger partial charge in [-0.1, -0.05) is 6.07 Å². The number of aromatic hydroxyl groups is 1. The van der Waals surface area contributed by atoms with E-state index < -0.39 is 10.0 Å². The van der Waals surface area contributed by atoms with E-state index >= 15 is 0 Å². The third-order valence-electron chi connectivity index (χ3n) is 4.97. The maximum absolute atomic E-state index is 12.8. The zero-order valence-electron chi connectivity index (χ0n) is 16.3. The molecule has 27 heavy (non-hydrogen) atoms. The summed E-state index contributed by atoms with van der Waals surface area (Å²) < 4.78 is 28.1. The van der Waals surface area contributed by atoms with Crippen LogP contribution in [0.2, 0.25) is 0 Å². The van der Waals surface area contributed by atoms with Gasteiger partial charge in [0.05, 0.1) is 4.90 Å². The Kier molecular flexibility index (Phi) is 6.28. The summed E-state index contributed by atoms with van der Waals surface area (Å²) in [4.78, 5) is 12.3. The van der Waals surface area contributed by atoms with Crippen molar-refractivity contribution >= 4 is 21.6 Å². The van der Waals surface area contributed by atoms with Crippen molar-refractivity contribution in [1.29, 1.82) is 0 Å². The van der Waals surface area contributed by atoms with Gasteiger partial charge in [-0.05, 0) is 74.6 Å². The van der Waals surface area contributed by atoms with Crippen molar-refractivity contribution < 1.29 is 18.3 Å². The Morgan fingerprint density at radius 1 is 0.963 bits per heavy atom. The number of carbonyl (C=O) groups excluding carboxylic acids is 1. The van der Waals surface area contributed by atoms with Gasteiger partial charge in [0.15, 0.2) is 0 Å². The first kappa shape index (κ1) is 20.9.